The number of hydrogen-bond donors (Lipinski definition) is 2. The van der Waals surface area contributed by atoms with Crippen LogP contribution < -0.4 is 0 Å². The second-order valence-corrected chi connectivity index (χ2v) is 3.71. The molecule has 0 fully saturated rings. The molecule has 0 aliphatic rings. The molecule has 0 saturated heterocycles. The summed E-state index contributed by atoms with van der Waals surface area (Å²) < 4.78 is 0. The van der Waals surface area contributed by atoms with Crippen molar-refractivity contribution in [3.8, 4) is 0 Å². The predicted molar refractivity (Wildman–Crippen MR) is 42.6 cm³/mol. The predicted octanol–water partition coefficient (Wildman–Crippen LogP) is -0.476. The molecule has 1 unspecified atom stereocenters. The number of Topliss-reactive ketones (excluding diaryl/α,β-unsaturated/α-hetero) is 2. The molecule has 70 valence electrons. The van der Waals surface area contributed by atoms with Gasteiger partial charge < -0.3 is 10.2 Å². The number of aliphatic hydroxyl groups is 2. The summed E-state index contributed by atoms with van der Waals surface area (Å²) in [5.74, 6) is -1.87. The zero-order valence-electron chi connectivity index (χ0n) is 7.50. The van der Waals surface area contributed by atoms with Gasteiger partial charge in [0.05, 0.1) is 0 Å². The average Bonchev–Trinajstić information content (AvgIpc) is 1.98. The molecule has 0 aromatic heterocycles. The van der Waals surface area contributed by atoms with E-state index in [9.17, 15) is 14.7 Å². The number of aliphatic hydroxyl groups excluding tert-OH is 2. The van der Waals surface area contributed by atoms with Crippen LogP contribution in [0.5, 0.6) is 0 Å². The Bertz CT molecular complexity index is 190. The van der Waals surface area contributed by atoms with Gasteiger partial charge in [-0.05, 0) is 5.41 Å². The summed E-state index contributed by atoms with van der Waals surface area (Å²) in [5.41, 5.74) is -0.665. The van der Waals surface area contributed by atoms with E-state index in [0.717, 1.165) is 0 Å². The third-order valence-electron chi connectivity index (χ3n) is 1.49. The van der Waals surface area contributed by atoms with Crippen molar-refractivity contribution in [3.63, 3.8) is 0 Å². The summed E-state index contributed by atoms with van der Waals surface area (Å²) in [6, 6.07) is 0. The van der Waals surface area contributed by atoms with Crippen LogP contribution in [0.25, 0.3) is 0 Å². The fourth-order valence-electron chi connectivity index (χ4n) is 0.624. The van der Waals surface area contributed by atoms with Crippen LogP contribution in [0, 0.1) is 5.41 Å². The highest BCUT2D eigenvalue weighted by Gasteiger charge is 2.32. The van der Waals surface area contributed by atoms with Gasteiger partial charge in [-0.1, -0.05) is 20.8 Å². The molecule has 1 atom stereocenters. The highest BCUT2D eigenvalue weighted by atomic mass is 16.3. The molecule has 12 heavy (non-hydrogen) atoms. The van der Waals surface area contributed by atoms with Crippen molar-refractivity contribution in [2.45, 2.75) is 26.9 Å². The van der Waals surface area contributed by atoms with E-state index in [1.165, 1.54) is 0 Å². The maximum atomic E-state index is 11.0. The smallest absolute Gasteiger partial charge is 0.229 e. The second-order valence-electron chi connectivity index (χ2n) is 3.71. The molecule has 4 heteroatoms. The van der Waals surface area contributed by atoms with Gasteiger partial charge in [0, 0.05) is 0 Å². The van der Waals surface area contributed by atoms with Gasteiger partial charge in [-0.25, -0.2) is 0 Å². The number of hydrogen-bond acceptors (Lipinski definition) is 4. The standard InChI is InChI=1S/C8H14O4/c1-8(2,3)7(12)6(11)5(10)4-9/h7,9,12H,4H2,1-3H3. The lowest BCUT2D eigenvalue weighted by atomic mass is 9.85. The Morgan fingerprint density at radius 1 is 1.33 bits per heavy atom. The van der Waals surface area contributed by atoms with Crippen LogP contribution in [0.3, 0.4) is 0 Å². The van der Waals surface area contributed by atoms with Crippen molar-refractivity contribution in [1.29, 1.82) is 0 Å². The van der Waals surface area contributed by atoms with E-state index in [1.807, 2.05) is 0 Å². The van der Waals surface area contributed by atoms with E-state index in [0.29, 0.717) is 0 Å². The molecule has 0 aliphatic carbocycles. The maximum absolute atomic E-state index is 11.0. The minimum Gasteiger partial charge on any atom is -0.388 e. The molecule has 0 bridgehead atoms. The Balaban J connectivity index is 4.41. The minimum absolute atomic E-state index is 0.665. The van der Waals surface area contributed by atoms with Gasteiger partial charge in [-0.3, -0.25) is 9.59 Å². The summed E-state index contributed by atoms with van der Waals surface area (Å²) in [5, 5.41) is 17.6. The first-order valence-electron chi connectivity index (χ1n) is 3.66. The van der Waals surface area contributed by atoms with Crippen LogP contribution in [0.15, 0.2) is 0 Å². The topological polar surface area (TPSA) is 74.6 Å². The van der Waals surface area contributed by atoms with Gasteiger partial charge in [-0.15, -0.1) is 0 Å². The van der Waals surface area contributed by atoms with Crippen LogP contribution in [0.4, 0.5) is 0 Å². The SMILES string of the molecule is CC(C)(C)C(O)C(=O)C(=O)CO. The Kier molecular flexibility index (Phi) is 3.55. The van der Waals surface area contributed by atoms with E-state index in [4.69, 9.17) is 5.11 Å². The first-order valence-corrected chi connectivity index (χ1v) is 3.66. The first kappa shape index (κ1) is 11.3. The summed E-state index contributed by atoms with van der Waals surface area (Å²) in [4.78, 5) is 21.6. The summed E-state index contributed by atoms with van der Waals surface area (Å²) in [6.07, 6.45) is -1.34. The van der Waals surface area contributed by atoms with E-state index in [-0.39, 0.29) is 0 Å². The van der Waals surface area contributed by atoms with E-state index in [2.05, 4.69) is 0 Å². The molecule has 0 radical (unpaired) electrons. The van der Waals surface area contributed by atoms with E-state index < -0.39 is 29.7 Å². The lowest BCUT2D eigenvalue weighted by molar-refractivity contribution is -0.146. The van der Waals surface area contributed by atoms with Crippen molar-refractivity contribution < 1.29 is 19.8 Å². The second kappa shape index (κ2) is 3.78. The Hall–Kier alpha value is -0.740. The molecule has 0 aromatic rings. The Morgan fingerprint density at radius 3 is 2.00 bits per heavy atom. The quantitative estimate of drug-likeness (QED) is 0.567. The Morgan fingerprint density at radius 2 is 1.75 bits per heavy atom. The van der Waals surface area contributed by atoms with Gasteiger partial charge in [0.2, 0.25) is 11.6 Å². The molecule has 4 nitrogen and oxygen atoms in total. The lowest BCUT2D eigenvalue weighted by Gasteiger charge is -2.23. The van der Waals surface area contributed by atoms with Gasteiger partial charge >= 0.3 is 0 Å². The zero-order valence-corrected chi connectivity index (χ0v) is 7.50. The van der Waals surface area contributed by atoms with Crippen LogP contribution in [0.2, 0.25) is 0 Å². The molecule has 0 heterocycles. The molecule has 0 spiro atoms. The molecule has 0 saturated carbocycles. The number of rotatable bonds is 3. The number of carbonyl (C=O) groups is 2. The third-order valence-corrected chi connectivity index (χ3v) is 1.49. The van der Waals surface area contributed by atoms with Gasteiger partial charge in [-0.2, -0.15) is 0 Å². The van der Waals surface area contributed by atoms with E-state index in [1.54, 1.807) is 20.8 Å². The van der Waals surface area contributed by atoms with Crippen molar-refractivity contribution in [3.05, 3.63) is 0 Å². The van der Waals surface area contributed by atoms with E-state index >= 15 is 0 Å². The highest BCUT2D eigenvalue weighted by Crippen LogP contribution is 2.19. The van der Waals surface area contributed by atoms with Crippen molar-refractivity contribution in [2.75, 3.05) is 6.61 Å². The largest absolute Gasteiger partial charge is 0.388 e. The van der Waals surface area contributed by atoms with Crippen LogP contribution in [-0.4, -0.2) is 34.5 Å². The summed E-state index contributed by atoms with van der Waals surface area (Å²) in [6.45, 7) is 4.08. The third kappa shape index (κ3) is 2.71. The maximum Gasteiger partial charge on any atom is 0.229 e. The monoisotopic (exact) mass is 174 g/mol. The molecule has 0 aromatic carbocycles. The minimum atomic E-state index is -1.34. The fourth-order valence-corrected chi connectivity index (χ4v) is 0.624. The normalized spacial score (nSPS) is 14.1. The van der Waals surface area contributed by atoms with Crippen LogP contribution in [0.1, 0.15) is 20.8 Å². The number of carbonyl (C=O) groups excluding carboxylic acids is 2. The van der Waals surface area contributed by atoms with Crippen molar-refractivity contribution in [1.82, 2.24) is 0 Å². The zero-order chi connectivity index (χ0) is 9.94. The summed E-state index contributed by atoms with van der Waals surface area (Å²) >= 11 is 0. The van der Waals surface area contributed by atoms with Gasteiger partial charge in [0.15, 0.2) is 0 Å². The highest BCUT2D eigenvalue weighted by molar-refractivity contribution is 6.39. The molecular formula is C8H14O4. The Labute approximate surface area is 71.2 Å². The summed E-state index contributed by atoms with van der Waals surface area (Å²) in [7, 11) is 0. The van der Waals surface area contributed by atoms with Crippen LogP contribution in [-0.2, 0) is 9.59 Å². The number of ketones is 2. The molecule has 0 amide bonds. The molecule has 0 aliphatic heterocycles. The molecule has 0 rings (SSSR count). The van der Waals surface area contributed by atoms with Crippen molar-refractivity contribution >= 4 is 11.6 Å². The van der Waals surface area contributed by atoms with Gasteiger partial charge in [0.1, 0.15) is 12.7 Å². The average molecular weight is 174 g/mol. The first-order chi connectivity index (χ1) is 5.30. The lowest BCUT2D eigenvalue weighted by Crippen LogP contribution is -2.39. The van der Waals surface area contributed by atoms with Crippen LogP contribution >= 0.6 is 0 Å². The van der Waals surface area contributed by atoms with Crippen molar-refractivity contribution in [2.24, 2.45) is 5.41 Å². The molecular weight excluding hydrogens is 160 g/mol. The molecule has 2 N–H and O–H groups in total. The fraction of sp³-hybridized carbons (Fsp3) is 0.750. The van der Waals surface area contributed by atoms with Gasteiger partial charge in [0.25, 0.3) is 0 Å².